The van der Waals surface area contributed by atoms with Crippen molar-refractivity contribution in [1.29, 1.82) is 0 Å². The van der Waals surface area contributed by atoms with Crippen molar-refractivity contribution in [3.63, 3.8) is 0 Å². The van der Waals surface area contributed by atoms with Crippen molar-refractivity contribution in [2.75, 3.05) is 6.61 Å². The van der Waals surface area contributed by atoms with Gasteiger partial charge in [-0.25, -0.2) is 0 Å². The smallest absolute Gasteiger partial charge is 0.290 e. The molecule has 2 heterocycles. The number of hydrogen-bond donors (Lipinski definition) is 1. The Morgan fingerprint density at radius 3 is 3.05 bits per heavy atom. The van der Waals surface area contributed by atoms with Crippen LogP contribution in [0.4, 0.5) is 0 Å². The molecule has 0 aliphatic carbocycles. The van der Waals surface area contributed by atoms with E-state index in [1.54, 1.807) is 13.0 Å². The number of aryl methyl sites for hydroxylation is 1. The molecule has 2 aromatic rings. The monoisotopic (exact) mass is 258 g/mol. The number of ether oxygens (including phenoxy) is 1. The molecule has 0 saturated heterocycles. The Bertz CT molecular complexity index is 606. The van der Waals surface area contributed by atoms with E-state index in [-0.39, 0.29) is 17.7 Å². The van der Waals surface area contributed by atoms with Crippen LogP contribution < -0.4 is 10.1 Å². The second-order valence-corrected chi connectivity index (χ2v) is 4.53. The zero-order chi connectivity index (χ0) is 13.2. The fraction of sp³-hybridized carbons (Fsp3) is 0.286. The highest BCUT2D eigenvalue weighted by Crippen LogP contribution is 2.31. The SMILES string of the molecule is Cc1cc(C(=O)NC2CCOc3ccccc32)on1. The third-order valence-corrected chi connectivity index (χ3v) is 3.12. The zero-order valence-corrected chi connectivity index (χ0v) is 10.6. The number of para-hydroxylation sites is 1. The summed E-state index contributed by atoms with van der Waals surface area (Å²) >= 11 is 0. The lowest BCUT2D eigenvalue weighted by atomic mass is 10.0. The molecule has 0 spiro atoms. The summed E-state index contributed by atoms with van der Waals surface area (Å²) in [6, 6.07) is 9.30. The molecule has 19 heavy (non-hydrogen) atoms. The summed E-state index contributed by atoms with van der Waals surface area (Å²) in [7, 11) is 0. The number of hydrogen-bond acceptors (Lipinski definition) is 4. The van der Waals surface area contributed by atoms with Crippen molar-refractivity contribution < 1.29 is 14.1 Å². The number of carbonyl (C=O) groups excluding carboxylic acids is 1. The van der Waals surface area contributed by atoms with Gasteiger partial charge in [0.25, 0.3) is 5.91 Å². The molecule has 0 bridgehead atoms. The molecule has 1 aromatic heterocycles. The van der Waals surface area contributed by atoms with Crippen molar-refractivity contribution >= 4 is 5.91 Å². The number of amides is 1. The van der Waals surface area contributed by atoms with Gasteiger partial charge in [-0.05, 0) is 13.0 Å². The molecular formula is C14H14N2O3. The Morgan fingerprint density at radius 1 is 1.42 bits per heavy atom. The first kappa shape index (κ1) is 11.8. The van der Waals surface area contributed by atoms with Crippen LogP contribution in [0.15, 0.2) is 34.9 Å². The molecule has 0 radical (unpaired) electrons. The minimum atomic E-state index is -0.248. The quantitative estimate of drug-likeness (QED) is 0.897. The topological polar surface area (TPSA) is 64.4 Å². The Morgan fingerprint density at radius 2 is 2.26 bits per heavy atom. The number of fused-ring (bicyclic) bond motifs is 1. The van der Waals surface area contributed by atoms with Crippen LogP contribution >= 0.6 is 0 Å². The van der Waals surface area contributed by atoms with E-state index in [1.807, 2.05) is 24.3 Å². The van der Waals surface area contributed by atoms with Crippen molar-refractivity contribution in [3.8, 4) is 5.75 Å². The van der Waals surface area contributed by atoms with E-state index in [0.717, 1.165) is 17.7 Å². The summed E-state index contributed by atoms with van der Waals surface area (Å²) in [4.78, 5) is 12.1. The van der Waals surface area contributed by atoms with Gasteiger partial charge >= 0.3 is 0 Å². The van der Waals surface area contributed by atoms with E-state index in [2.05, 4.69) is 10.5 Å². The molecule has 98 valence electrons. The standard InChI is InChI=1S/C14H14N2O3/c1-9-8-13(19-16-9)14(17)15-11-6-7-18-12-5-3-2-4-10(11)12/h2-5,8,11H,6-7H2,1H3,(H,15,17). The van der Waals surface area contributed by atoms with Crippen LogP contribution in [0.25, 0.3) is 0 Å². The normalized spacial score (nSPS) is 17.4. The zero-order valence-electron chi connectivity index (χ0n) is 10.6. The van der Waals surface area contributed by atoms with Gasteiger partial charge in [0.2, 0.25) is 5.76 Å². The molecule has 3 rings (SSSR count). The molecule has 0 saturated carbocycles. The second kappa shape index (κ2) is 4.76. The van der Waals surface area contributed by atoms with E-state index in [9.17, 15) is 4.79 Å². The van der Waals surface area contributed by atoms with E-state index in [0.29, 0.717) is 12.3 Å². The maximum atomic E-state index is 12.1. The molecule has 1 aromatic carbocycles. The molecule has 0 fully saturated rings. The Balaban J connectivity index is 1.79. The summed E-state index contributed by atoms with van der Waals surface area (Å²) in [5, 5.41) is 6.67. The highest BCUT2D eigenvalue weighted by Gasteiger charge is 2.24. The molecule has 1 aliphatic rings. The van der Waals surface area contributed by atoms with Crippen LogP contribution in [0.5, 0.6) is 5.75 Å². The first-order valence-electron chi connectivity index (χ1n) is 6.20. The van der Waals surface area contributed by atoms with E-state index >= 15 is 0 Å². The molecule has 5 heteroatoms. The highest BCUT2D eigenvalue weighted by atomic mass is 16.5. The number of benzene rings is 1. The van der Waals surface area contributed by atoms with Gasteiger partial charge < -0.3 is 14.6 Å². The van der Waals surface area contributed by atoms with Crippen molar-refractivity contribution in [3.05, 3.63) is 47.3 Å². The van der Waals surface area contributed by atoms with Gasteiger partial charge in [0.15, 0.2) is 0 Å². The lowest BCUT2D eigenvalue weighted by Crippen LogP contribution is -2.31. The van der Waals surface area contributed by atoms with Crippen molar-refractivity contribution in [2.45, 2.75) is 19.4 Å². The minimum Gasteiger partial charge on any atom is -0.493 e. The fourth-order valence-electron chi connectivity index (χ4n) is 2.19. The van der Waals surface area contributed by atoms with E-state index in [1.165, 1.54) is 0 Å². The molecule has 1 atom stereocenters. The lowest BCUT2D eigenvalue weighted by molar-refractivity contribution is 0.0887. The van der Waals surface area contributed by atoms with Crippen LogP contribution in [0.3, 0.4) is 0 Å². The number of nitrogens with zero attached hydrogens (tertiary/aromatic N) is 1. The average Bonchev–Trinajstić information content (AvgIpc) is 2.86. The third kappa shape index (κ3) is 2.31. The number of rotatable bonds is 2. The Labute approximate surface area is 110 Å². The number of carbonyl (C=O) groups is 1. The van der Waals surface area contributed by atoms with Crippen LogP contribution in [-0.4, -0.2) is 17.7 Å². The molecular weight excluding hydrogens is 244 g/mol. The van der Waals surface area contributed by atoms with Gasteiger partial charge in [-0.1, -0.05) is 23.4 Å². The summed E-state index contributed by atoms with van der Waals surface area (Å²) < 4.78 is 10.5. The van der Waals surface area contributed by atoms with Gasteiger partial charge in [-0.15, -0.1) is 0 Å². The van der Waals surface area contributed by atoms with Crippen molar-refractivity contribution in [2.24, 2.45) is 0 Å². The van der Waals surface area contributed by atoms with Crippen LogP contribution in [0, 0.1) is 6.92 Å². The maximum absolute atomic E-state index is 12.1. The van der Waals surface area contributed by atoms with Gasteiger partial charge in [-0.2, -0.15) is 0 Å². The summed E-state index contributed by atoms with van der Waals surface area (Å²) in [6.45, 7) is 2.38. The molecule has 1 N–H and O–H groups in total. The van der Waals surface area contributed by atoms with Gasteiger partial charge in [0.1, 0.15) is 5.75 Å². The molecule has 5 nitrogen and oxygen atoms in total. The van der Waals surface area contributed by atoms with Gasteiger partial charge in [0.05, 0.1) is 18.3 Å². The Hall–Kier alpha value is -2.30. The van der Waals surface area contributed by atoms with Crippen LogP contribution in [0.2, 0.25) is 0 Å². The molecule has 1 amide bonds. The van der Waals surface area contributed by atoms with Crippen molar-refractivity contribution in [1.82, 2.24) is 10.5 Å². The third-order valence-electron chi connectivity index (χ3n) is 3.12. The minimum absolute atomic E-state index is 0.0529. The Kier molecular flexibility index (Phi) is 2.95. The number of nitrogens with one attached hydrogen (secondary N) is 1. The first-order valence-corrected chi connectivity index (χ1v) is 6.20. The second-order valence-electron chi connectivity index (χ2n) is 4.53. The summed E-state index contributed by atoms with van der Waals surface area (Å²) in [5.74, 6) is 0.816. The largest absolute Gasteiger partial charge is 0.493 e. The predicted molar refractivity (Wildman–Crippen MR) is 68.0 cm³/mol. The predicted octanol–water partition coefficient (Wildman–Crippen LogP) is 2.24. The fourth-order valence-corrected chi connectivity index (χ4v) is 2.19. The number of aromatic nitrogens is 1. The van der Waals surface area contributed by atoms with Gasteiger partial charge in [-0.3, -0.25) is 4.79 Å². The summed E-state index contributed by atoms with van der Waals surface area (Å²) in [5.41, 5.74) is 1.69. The van der Waals surface area contributed by atoms with Gasteiger partial charge in [0, 0.05) is 18.1 Å². The maximum Gasteiger partial charge on any atom is 0.290 e. The molecule has 1 unspecified atom stereocenters. The van der Waals surface area contributed by atoms with Crippen LogP contribution in [-0.2, 0) is 0 Å². The summed E-state index contributed by atoms with van der Waals surface area (Å²) in [6.07, 6.45) is 0.746. The van der Waals surface area contributed by atoms with E-state index in [4.69, 9.17) is 9.26 Å². The first-order chi connectivity index (χ1) is 9.24. The van der Waals surface area contributed by atoms with Crippen LogP contribution in [0.1, 0.15) is 34.3 Å². The van der Waals surface area contributed by atoms with E-state index < -0.39 is 0 Å². The highest BCUT2D eigenvalue weighted by molar-refractivity contribution is 5.91. The molecule has 1 aliphatic heterocycles. The lowest BCUT2D eigenvalue weighted by Gasteiger charge is -2.26. The average molecular weight is 258 g/mol.